The van der Waals surface area contributed by atoms with Crippen molar-refractivity contribution in [2.45, 2.75) is 47.5 Å². The summed E-state index contributed by atoms with van der Waals surface area (Å²) < 4.78 is 5.26. The van der Waals surface area contributed by atoms with E-state index in [4.69, 9.17) is 4.74 Å². The maximum Gasteiger partial charge on any atom is 0.306 e. The molecule has 2 unspecified atom stereocenters. The van der Waals surface area contributed by atoms with Gasteiger partial charge in [0, 0.05) is 5.41 Å². The van der Waals surface area contributed by atoms with E-state index in [1.165, 1.54) is 5.57 Å². The topological polar surface area (TPSA) is 26.3 Å². The normalized spacial score (nSPS) is 29.4. The number of carbonyl (C=O) groups is 1. The third kappa shape index (κ3) is 2.87. The van der Waals surface area contributed by atoms with Crippen LogP contribution in [0.25, 0.3) is 0 Å². The van der Waals surface area contributed by atoms with Crippen LogP contribution in [-0.2, 0) is 9.53 Å². The van der Waals surface area contributed by atoms with Crippen molar-refractivity contribution in [1.82, 2.24) is 0 Å². The molecule has 1 rings (SSSR count). The summed E-state index contributed by atoms with van der Waals surface area (Å²) in [5.74, 6) is 0.895. The molecule has 0 aliphatic heterocycles. The molecular weight excluding hydrogens is 200 g/mol. The number of allylic oxidation sites excluding steroid dienone is 2. The van der Waals surface area contributed by atoms with Crippen molar-refractivity contribution >= 4 is 5.97 Å². The molecule has 0 saturated carbocycles. The Labute approximate surface area is 99.1 Å². The number of esters is 1. The van der Waals surface area contributed by atoms with Gasteiger partial charge in [-0.3, -0.25) is 4.79 Å². The molecule has 0 heterocycles. The lowest BCUT2D eigenvalue weighted by molar-refractivity contribution is -0.147. The van der Waals surface area contributed by atoms with Crippen molar-refractivity contribution in [3.8, 4) is 0 Å². The van der Waals surface area contributed by atoms with Gasteiger partial charge in [0.15, 0.2) is 0 Å². The first-order chi connectivity index (χ1) is 7.36. The van der Waals surface area contributed by atoms with E-state index >= 15 is 0 Å². The summed E-state index contributed by atoms with van der Waals surface area (Å²) in [4.78, 5) is 11.8. The van der Waals surface area contributed by atoms with Gasteiger partial charge in [-0.25, -0.2) is 0 Å². The molecule has 0 saturated heterocycles. The van der Waals surface area contributed by atoms with Crippen LogP contribution in [-0.4, -0.2) is 12.6 Å². The van der Waals surface area contributed by atoms with Crippen LogP contribution in [0.4, 0.5) is 0 Å². The van der Waals surface area contributed by atoms with E-state index in [0.29, 0.717) is 24.9 Å². The van der Waals surface area contributed by atoms with Crippen LogP contribution in [0.2, 0.25) is 0 Å². The van der Waals surface area contributed by atoms with Gasteiger partial charge >= 0.3 is 5.97 Å². The molecule has 0 bridgehead atoms. The van der Waals surface area contributed by atoms with Crippen LogP contribution in [0.5, 0.6) is 0 Å². The summed E-state index contributed by atoms with van der Waals surface area (Å²) in [6.45, 7) is 11.2. The third-order valence-electron chi connectivity index (χ3n) is 3.86. The Bertz CT molecular complexity index is 291. The lowest BCUT2D eigenvalue weighted by Crippen LogP contribution is -2.27. The minimum Gasteiger partial charge on any atom is -0.465 e. The Morgan fingerprint density at radius 1 is 1.62 bits per heavy atom. The molecule has 0 N–H and O–H groups in total. The van der Waals surface area contributed by atoms with Crippen LogP contribution in [0.1, 0.15) is 47.5 Å². The van der Waals surface area contributed by atoms with E-state index in [2.05, 4.69) is 40.7 Å². The van der Waals surface area contributed by atoms with E-state index in [0.717, 1.165) is 6.42 Å². The van der Waals surface area contributed by atoms with E-state index in [9.17, 15) is 4.79 Å². The van der Waals surface area contributed by atoms with Gasteiger partial charge in [0.05, 0.1) is 13.0 Å². The quantitative estimate of drug-likeness (QED) is 0.539. The minimum absolute atomic E-state index is 0.00800. The molecule has 0 aromatic rings. The number of rotatable bonds is 4. The van der Waals surface area contributed by atoms with Crippen LogP contribution in [0, 0.1) is 17.3 Å². The molecule has 1 aliphatic carbocycles. The highest BCUT2D eigenvalue weighted by atomic mass is 16.5. The average molecular weight is 224 g/mol. The SMILES string of the molecule is CC1=CCC(C)C1(C)CC(=O)OCC(C)C. The summed E-state index contributed by atoms with van der Waals surface area (Å²) in [6, 6.07) is 0. The largest absolute Gasteiger partial charge is 0.465 e. The van der Waals surface area contributed by atoms with Crippen molar-refractivity contribution in [3.63, 3.8) is 0 Å². The molecular formula is C14H24O2. The van der Waals surface area contributed by atoms with Gasteiger partial charge < -0.3 is 4.74 Å². The maximum atomic E-state index is 11.8. The monoisotopic (exact) mass is 224 g/mol. The van der Waals surface area contributed by atoms with Gasteiger partial charge in [-0.15, -0.1) is 0 Å². The lowest BCUT2D eigenvalue weighted by Gasteiger charge is -2.30. The van der Waals surface area contributed by atoms with E-state index < -0.39 is 0 Å². The highest BCUT2D eigenvalue weighted by Gasteiger charge is 2.38. The molecule has 0 amide bonds. The first-order valence-corrected chi connectivity index (χ1v) is 6.19. The maximum absolute atomic E-state index is 11.8. The Kier molecular flexibility index (Phi) is 4.17. The number of ether oxygens (including phenoxy) is 1. The van der Waals surface area contributed by atoms with E-state index in [1.54, 1.807) is 0 Å². The summed E-state index contributed by atoms with van der Waals surface area (Å²) in [5, 5.41) is 0. The van der Waals surface area contributed by atoms with Crippen molar-refractivity contribution in [2.75, 3.05) is 6.61 Å². The molecule has 0 fully saturated rings. The van der Waals surface area contributed by atoms with Gasteiger partial charge in [0.2, 0.25) is 0 Å². The van der Waals surface area contributed by atoms with E-state index in [-0.39, 0.29) is 11.4 Å². The molecule has 2 heteroatoms. The highest BCUT2D eigenvalue weighted by Crippen LogP contribution is 2.45. The Morgan fingerprint density at radius 2 is 2.25 bits per heavy atom. The molecule has 0 radical (unpaired) electrons. The smallest absolute Gasteiger partial charge is 0.306 e. The van der Waals surface area contributed by atoms with Gasteiger partial charge in [-0.1, -0.05) is 39.3 Å². The summed E-state index contributed by atoms with van der Waals surface area (Å²) >= 11 is 0. The fraction of sp³-hybridized carbons (Fsp3) is 0.786. The first-order valence-electron chi connectivity index (χ1n) is 6.19. The zero-order valence-electron chi connectivity index (χ0n) is 11.2. The van der Waals surface area contributed by atoms with Crippen LogP contribution in [0.15, 0.2) is 11.6 Å². The first kappa shape index (κ1) is 13.3. The van der Waals surface area contributed by atoms with Crippen LogP contribution >= 0.6 is 0 Å². The fourth-order valence-electron chi connectivity index (χ4n) is 2.16. The van der Waals surface area contributed by atoms with Gasteiger partial charge in [0.1, 0.15) is 0 Å². The second kappa shape index (κ2) is 5.03. The van der Waals surface area contributed by atoms with E-state index in [1.807, 2.05) is 0 Å². The Balaban J connectivity index is 2.53. The van der Waals surface area contributed by atoms with Crippen LogP contribution < -0.4 is 0 Å². The van der Waals surface area contributed by atoms with Crippen molar-refractivity contribution < 1.29 is 9.53 Å². The van der Waals surface area contributed by atoms with Crippen molar-refractivity contribution in [2.24, 2.45) is 17.3 Å². The second-order valence-corrected chi connectivity index (χ2v) is 5.69. The Morgan fingerprint density at radius 3 is 2.69 bits per heavy atom. The molecule has 2 atom stereocenters. The Hall–Kier alpha value is -0.790. The molecule has 0 aromatic carbocycles. The zero-order chi connectivity index (χ0) is 12.3. The van der Waals surface area contributed by atoms with Crippen molar-refractivity contribution in [3.05, 3.63) is 11.6 Å². The van der Waals surface area contributed by atoms with Gasteiger partial charge in [-0.05, 0) is 25.2 Å². The van der Waals surface area contributed by atoms with Gasteiger partial charge in [-0.2, -0.15) is 0 Å². The molecule has 92 valence electrons. The summed E-state index contributed by atoms with van der Waals surface area (Å²) in [6.07, 6.45) is 3.85. The molecule has 1 aliphatic rings. The predicted molar refractivity (Wildman–Crippen MR) is 66.1 cm³/mol. The number of hydrogen-bond donors (Lipinski definition) is 0. The average Bonchev–Trinajstić information content (AvgIpc) is 2.43. The number of carbonyl (C=O) groups excluding carboxylic acids is 1. The standard InChI is InChI=1S/C14H24O2/c1-10(2)9-16-13(15)8-14(5)11(3)6-7-12(14)4/h6,10,12H,7-9H2,1-5H3. The minimum atomic E-state index is -0.0577. The molecule has 0 aromatic heterocycles. The van der Waals surface area contributed by atoms with Gasteiger partial charge in [0.25, 0.3) is 0 Å². The summed E-state index contributed by atoms with van der Waals surface area (Å²) in [5.41, 5.74) is 1.34. The predicted octanol–water partition coefficient (Wildman–Crippen LogP) is 3.57. The highest BCUT2D eigenvalue weighted by molar-refractivity contribution is 5.71. The molecule has 0 spiro atoms. The lowest BCUT2D eigenvalue weighted by atomic mass is 9.74. The fourth-order valence-corrected chi connectivity index (χ4v) is 2.16. The molecule has 2 nitrogen and oxygen atoms in total. The molecule has 16 heavy (non-hydrogen) atoms. The number of hydrogen-bond acceptors (Lipinski definition) is 2. The van der Waals surface area contributed by atoms with Crippen LogP contribution in [0.3, 0.4) is 0 Å². The summed E-state index contributed by atoms with van der Waals surface area (Å²) in [7, 11) is 0. The third-order valence-corrected chi connectivity index (χ3v) is 3.86. The second-order valence-electron chi connectivity index (χ2n) is 5.69. The van der Waals surface area contributed by atoms with Crippen molar-refractivity contribution in [1.29, 1.82) is 0 Å². The zero-order valence-corrected chi connectivity index (χ0v) is 11.2.